The molecule has 4 heteroatoms. The number of aryl methyl sites for hydroxylation is 1. The van der Waals surface area contributed by atoms with Crippen molar-refractivity contribution >= 4 is 33.1 Å². The second kappa shape index (κ2) is 5.65. The molecule has 0 aliphatic rings. The van der Waals surface area contributed by atoms with Crippen molar-refractivity contribution in [3.05, 3.63) is 44.7 Å². The SMILES string of the molecule is CCC(Nc1cc(C)c(Br)cn1)c1cccs1. The Morgan fingerprint density at radius 2 is 2.35 bits per heavy atom. The van der Waals surface area contributed by atoms with Gasteiger partial charge in [0.2, 0.25) is 0 Å². The van der Waals surface area contributed by atoms with Crippen LogP contribution in [0.15, 0.2) is 34.2 Å². The van der Waals surface area contributed by atoms with E-state index in [1.807, 2.05) is 6.20 Å². The van der Waals surface area contributed by atoms with Crippen molar-refractivity contribution in [2.45, 2.75) is 26.3 Å². The summed E-state index contributed by atoms with van der Waals surface area (Å²) < 4.78 is 1.05. The molecule has 2 aromatic heterocycles. The van der Waals surface area contributed by atoms with Crippen molar-refractivity contribution in [1.82, 2.24) is 4.98 Å². The fourth-order valence-electron chi connectivity index (χ4n) is 1.66. The Morgan fingerprint density at radius 3 is 2.94 bits per heavy atom. The Balaban J connectivity index is 2.16. The quantitative estimate of drug-likeness (QED) is 0.879. The molecule has 0 aliphatic carbocycles. The Hall–Kier alpha value is -0.870. The molecule has 0 aromatic carbocycles. The summed E-state index contributed by atoms with van der Waals surface area (Å²) in [5.41, 5.74) is 1.20. The third-order valence-corrected chi connectivity index (χ3v) is 4.48. The summed E-state index contributed by atoms with van der Waals surface area (Å²) in [5, 5.41) is 5.59. The van der Waals surface area contributed by atoms with Gasteiger partial charge in [-0.25, -0.2) is 4.98 Å². The second-order valence-electron chi connectivity index (χ2n) is 3.94. The van der Waals surface area contributed by atoms with Gasteiger partial charge in [-0.1, -0.05) is 13.0 Å². The summed E-state index contributed by atoms with van der Waals surface area (Å²) in [6.45, 7) is 4.26. The van der Waals surface area contributed by atoms with E-state index in [4.69, 9.17) is 0 Å². The van der Waals surface area contributed by atoms with E-state index in [1.54, 1.807) is 11.3 Å². The number of nitrogens with one attached hydrogen (secondary N) is 1. The van der Waals surface area contributed by atoms with E-state index in [-0.39, 0.29) is 0 Å². The van der Waals surface area contributed by atoms with E-state index in [0.29, 0.717) is 6.04 Å². The monoisotopic (exact) mass is 310 g/mol. The number of aromatic nitrogens is 1. The molecule has 2 nitrogen and oxygen atoms in total. The Morgan fingerprint density at radius 1 is 1.53 bits per heavy atom. The highest BCUT2D eigenvalue weighted by molar-refractivity contribution is 9.10. The first kappa shape index (κ1) is 12.6. The van der Waals surface area contributed by atoms with Crippen molar-refractivity contribution in [3.8, 4) is 0 Å². The number of thiophene rings is 1. The van der Waals surface area contributed by atoms with Gasteiger partial charge in [-0.05, 0) is 52.4 Å². The van der Waals surface area contributed by atoms with Crippen LogP contribution in [0.1, 0.15) is 29.8 Å². The standard InChI is InChI=1S/C13H15BrN2S/c1-3-11(12-5-4-6-17-12)16-13-7-9(2)10(14)8-15-13/h4-8,11H,3H2,1-2H3,(H,15,16). The fraction of sp³-hybridized carbons (Fsp3) is 0.308. The summed E-state index contributed by atoms with van der Waals surface area (Å²) in [5.74, 6) is 0.936. The number of nitrogens with zero attached hydrogens (tertiary/aromatic N) is 1. The maximum absolute atomic E-state index is 4.38. The molecule has 0 spiro atoms. The maximum Gasteiger partial charge on any atom is 0.126 e. The van der Waals surface area contributed by atoms with E-state index in [1.165, 1.54) is 10.4 Å². The lowest BCUT2D eigenvalue weighted by molar-refractivity contribution is 0.758. The normalized spacial score (nSPS) is 12.4. The maximum atomic E-state index is 4.38. The van der Waals surface area contributed by atoms with E-state index < -0.39 is 0 Å². The highest BCUT2D eigenvalue weighted by atomic mass is 79.9. The minimum absolute atomic E-state index is 0.350. The molecule has 1 unspecified atom stereocenters. The molecule has 1 N–H and O–H groups in total. The largest absolute Gasteiger partial charge is 0.362 e. The summed E-state index contributed by atoms with van der Waals surface area (Å²) in [7, 11) is 0. The number of rotatable bonds is 4. The van der Waals surface area contributed by atoms with E-state index in [2.05, 4.69) is 63.7 Å². The van der Waals surface area contributed by atoms with Gasteiger partial charge in [-0.3, -0.25) is 0 Å². The van der Waals surface area contributed by atoms with Crippen molar-refractivity contribution < 1.29 is 0 Å². The van der Waals surface area contributed by atoms with Gasteiger partial charge >= 0.3 is 0 Å². The molecule has 0 amide bonds. The first-order valence-corrected chi connectivity index (χ1v) is 7.30. The van der Waals surface area contributed by atoms with Gasteiger partial charge in [-0.2, -0.15) is 0 Å². The van der Waals surface area contributed by atoms with Crippen molar-refractivity contribution in [1.29, 1.82) is 0 Å². The van der Waals surface area contributed by atoms with E-state index in [9.17, 15) is 0 Å². The zero-order chi connectivity index (χ0) is 12.3. The molecule has 0 saturated heterocycles. The molecule has 2 aromatic rings. The Bertz CT molecular complexity index is 482. The smallest absolute Gasteiger partial charge is 0.126 e. The average molecular weight is 311 g/mol. The third-order valence-electron chi connectivity index (χ3n) is 2.66. The van der Waals surface area contributed by atoms with Gasteiger partial charge in [0.05, 0.1) is 6.04 Å². The van der Waals surface area contributed by atoms with Crippen LogP contribution in [0.5, 0.6) is 0 Å². The second-order valence-corrected chi connectivity index (χ2v) is 5.77. The summed E-state index contributed by atoms with van der Waals surface area (Å²) in [6.07, 6.45) is 2.90. The summed E-state index contributed by atoms with van der Waals surface area (Å²) >= 11 is 5.25. The highest BCUT2D eigenvalue weighted by Gasteiger charge is 2.10. The topological polar surface area (TPSA) is 24.9 Å². The van der Waals surface area contributed by atoms with Crippen LogP contribution < -0.4 is 5.32 Å². The lowest BCUT2D eigenvalue weighted by Gasteiger charge is -2.16. The average Bonchev–Trinajstić information content (AvgIpc) is 2.84. The van der Waals surface area contributed by atoms with E-state index >= 15 is 0 Å². The lowest BCUT2D eigenvalue weighted by atomic mass is 10.2. The molecular weight excluding hydrogens is 296 g/mol. The molecule has 17 heavy (non-hydrogen) atoms. The lowest BCUT2D eigenvalue weighted by Crippen LogP contribution is -2.09. The summed E-state index contributed by atoms with van der Waals surface area (Å²) in [6, 6.07) is 6.67. The predicted octanol–water partition coefficient (Wildman–Crippen LogP) is 4.78. The third kappa shape index (κ3) is 3.07. The van der Waals surface area contributed by atoms with Crippen LogP contribution in [-0.4, -0.2) is 4.98 Å². The minimum atomic E-state index is 0.350. The van der Waals surface area contributed by atoms with Crippen LogP contribution in [0.4, 0.5) is 5.82 Å². The number of anilines is 1. The zero-order valence-electron chi connectivity index (χ0n) is 9.90. The number of hydrogen-bond donors (Lipinski definition) is 1. The van der Waals surface area contributed by atoms with Gasteiger partial charge < -0.3 is 5.32 Å². The Labute approximate surface area is 114 Å². The minimum Gasteiger partial charge on any atom is -0.362 e. The zero-order valence-corrected chi connectivity index (χ0v) is 12.3. The molecule has 0 aliphatic heterocycles. The van der Waals surface area contributed by atoms with Gasteiger partial charge in [0.25, 0.3) is 0 Å². The van der Waals surface area contributed by atoms with Crippen LogP contribution in [0, 0.1) is 6.92 Å². The Kier molecular flexibility index (Phi) is 4.18. The molecule has 0 fully saturated rings. The predicted molar refractivity (Wildman–Crippen MR) is 77.6 cm³/mol. The molecule has 1 atom stereocenters. The molecule has 0 bridgehead atoms. The highest BCUT2D eigenvalue weighted by Crippen LogP contribution is 2.26. The van der Waals surface area contributed by atoms with Crippen LogP contribution in [0.25, 0.3) is 0 Å². The number of hydrogen-bond acceptors (Lipinski definition) is 3. The van der Waals surface area contributed by atoms with Gasteiger partial charge in [-0.15, -0.1) is 11.3 Å². The molecule has 2 rings (SSSR count). The number of halogens is 1. The first-order valence-electron chi connectivity index (χ1n) is 5.62. The van der Waals surface area contributed by atoms with Gasteiger partial charge in [0.15, 0.2) is 0 Å². The molecule has 90 valence electrons. The van der Waals surface area contributed by atoms with Crippen molar-refractivity contribution in [2.24, 2.45) is 0 Å². The van der Waals surface area contributed by atoms with Crippen LogP contribution in [-0.2, 0) is 0 Å². The van der Waals surface area contributed by atoms with Crippen molar-refractivity contribution in [2.75, 3.05) is 5.32 Å². The number of pyridine rings is 1. The van der Waals surface area contributed by atoms with Crippen LogP contribution >= 0.6 is 27.3 Å². The molecular formula is C13H15BrN2S. The summed E-state index contributed by atoms with van der Waals surface area (Å²) in [4.78, 5) is 5.74. The molecule has 0 radical (unpaired) electrons. The van der Waals surface area contributed by atoms with Crippen LogP contribution in [0.3, 0.4) is 0 Å². The van der Waals surface area contributed by atoms with Crippen LogP contribution in [0.2, 0.25) is 0 Å². The first-order chi connectivity index (χ1) is 8.20. The van der Waals surface area contributed by atoms with Gasteiger partial charge in [0.1, 0.15) is 5.82 Å². The van der Waals surface area contributed by atoms with Gasteiger partial charge in [0, 0.05) is 15.5 Å². The van der Waals surface area contributed by atoms with E-state index in [0.717, 1.165) is 16.7 Å². The fourth-order valence-corrected chi connectivity index (χ4v) is 2.74. The van der Waals surface area contributed by atoms with Crippen molar-refractivity contribution in [3.63, 3.8) is 0 Å². The molecule has 0 saturated carbocycles. The molecule has 2 heterocycles.